The van der Waals surface area contributed by atoms with E-state index in [1.807, 2.05) is 12.3 Å². The van der Waals surface area contributed by atoms with E-state index in [-0.39, 0.29) is 0 Å². The molecule has 1 aliphatic rings. The highest BCUT2D eigenvalue weighted by atomic mass is 79.9. The molecule has 1 aliphatic heterocycles. The third-order valence-corrected chi connectivity index (χ3v) is 4.74. The van der Waals surface area contributed by atoms with Gasteiger partial charge >= 0.3 is 0 Å². The van der Waals surface area contributed by atoms with Crippen LogP contribution in [0.4, 0.5) is 5.82 Å². The van der Waals surface area contributed by atoms with Crippen molar-refractivity contribution >= 4 is 32.5 Å². The zero-order chi connectivity index (χ0) is 14.7. The van der Waals surface area contributed by atoms with Crippen molar-refractivity contribution in [1.29, 1.82) is 0 Å². The minimum absolute atomic E-state index is 0.772. The molecule has 0 radical (unpaired) electrons. The van der Waals surface area contributed by atoms with E-state index in [1.165, 1.54) is 30.0 Å². The molecule has 1 saturated heterocycles. The van der Waals surface area contributed by atoms with Gasteiger partial charge in [0.05, 0.1) is 7.11 Å². The Morgan fingerprint density at radius 3 is 3.10 bits per heavy atom. The molecular weight excluding hydrogens is 328 g/mol. The normalized spacial score (nSPS) is 19.0. The van der Waals surface area contributed by atoms with E-state index >= 15 is 0 Å². The van der Waals surface area contributed by atoms with Crippen LogP contribution in [0.5, 0.6) is 5.75 Å². The van der Waals surface area contributed by atoms with Crippen molar-refractivity contribution in [1.82, 2.24) is 4.98 Å². The van der Waals surface area contributed by atoms with Crippen LogP contribution in [0.15, 0.2) is 30.5 Å². The Labute approximate surface area is 134 Å². The Balaban J connectivity index is 1.92. The maximum absolute atomic E-state index is 5.32. The van der Waals surface area contributed by atoms with Gasteiger partial charge in [-0.25, -0.2) is 4.98 Å². The van der Waals surface area contributed by atoms with Gasteiger partial charge in [-0.3, -0.25) is 0 Å². The highest BCUT2D eigenvalue weighted by Crippen LogP contribution is 2.31. The van der Waals surface area contributed by atoms with Crippen LogP contribution in [0, 0.1) is 5.92 Å². The number of hydrogen-bond donors (Lipinski definition) is 0. The van der Waals surface area contributed by atoms with Crippen LogP contribution in [0.25, 0.3) is 10.8 Å². The first-order valence-corrected chi connectivity index (χ1v) is 8.67. The van der Waals surface area contributed by atoms with Crippen molar-refractivity contribution in [3.63, 3.8) is 0 Å². The number of rotatable bonds is 4. The summed E-state index contributed by atoms with van der Waals surface area (Å²) < 4.78 is 5.32. The molecule has 0 saturated carbocycles. The average Bonchev–Trinajstić information content (AvgIpc) is 2.54. The van der Waals surface area contributed by atoms with E-state index in [2.05, 4.69) is 44.0 Å². The largest absolute Gasteiger partial charge is 0.497 e. The first kappa shape index (κ1) is 14.6. The molecule has 1 unspecified atom stereocenters. The first-order valence-electron chi connectivity index (χ1n) is 7.55. The fourth-order valence-corrected chi connectivity index (χ4v) is 3.81. The molecular formula is C17H21BrN2O. The van der Waals surface area contributed by atoms with Crippen molar-refractivity contribution in [3.8, 4) is 5.75 Å². The number of alkyl halides is 1. The predicted molar refractivity (Wildman–Crippen MR) is 91.6 cm³/mol. The summed E-state index contributed by atoms with van der Waals surface area (Å²) in [4.78, 5) is 7.10. The monoisotopic (exact) mass is 348 g/mol. The van der Waals surface area contributed by atoms with Gasteiger partial charge < -0.3 is 9.64 Å². The SMILES string of the molecule is COc1ccc2c(N3CCCC(CCBr)C3)nccc2c1. The summed E-state index contributed by atoms with van der Waals surface area (Å²) in [5.41, 5.74) is 0. The maximum Gasteiger partial charge on any atom is 0.136 e. The van der Waals surface area contributed by atoms with Gasteiger partial charge in [0, 0.05) is 30.0 Å². The number of fused-ring (bicyclic) bond motifs is 1. The lowest BCUT2D eigenvalue weighted by Gasteiger charge is -2.34. The third kappa shape index (κ3) is 3.15. The van der Waals surface area contributed by atoms with Crippen molar-refractivity contribution in [2.45, 2.75) is 19.3 Å². The Kier molecular flexibility index (Phi) is 4.63. The molecule has 0 N–H and O–H groups in total. The molecule has 0 spiro atoms. The summed E-state index contributed by atoms with van der Waals surface area (Å²) >= 11 is 3.57. The van der Waals surface area contributed by atoms with E-state index in [4.69, 9.17) is 4.74 Å². The fraction of sp³-hybridized carbons (Fsp3) is 0.471. The zero-order valence-corrected chi connectivity index (χ0v) is 14.0. The number of aromatic nitrogens is 1. The maximum atomic E-state index is 5.32. The van der Waals surface area contributed by atoms with Crippen LogP contribution in [-0.2, 0) is 0 Å². The number of methoxy groups -OCH3 is 1. The van der Waals surface area contributed by atoms with Crippen LogP contribution >= 0.6 is 15.9 Å². The molecule has 1 fully saturated rings. The number of nitrogens with zero attached hydrogens (tertiary/aromatic N) is 2. The number of halogens is 1. The standard InChI is InChI=1S/C17H21BrN2O/c1-21-15-4-5-16-14(11-15)7-9-19-17(16)20-10-2-3-13(12-20)6-8-18/h4-5,7,9,11,13H,2-3,6,8,10,12H2,1H3. The van der Waals surface area contributed by atoms with Crippen molar-refractivity contribution in [2.24, 2.45) is 5.92 Å². The van der Waals surface area contributed by atoms with Gasteiger partial charge in [0.25, 0.3) is 0 Å². The van der Waals surface area contributed by atoms with Crippen molar-refractivity contribution in [2.75, 3.05) is 30.4 Å². The minimum Gasteiger partial charge on any atom is -0.497 e. The Hall–Kier alpha value is -1.29. The lowest BCUT2D eigenvalue weighted by molar-refractivity contribution is 0.406. The molecule has 0 bridgehead atoms. The van der Waals surface area contributed by atoms with Crippen LogP contribution in [0.1, 0.15) is 19.3 Å². The molecule has 0 aliphatic carbocycles. The molecule has 4 heteroatoms. The molecule has 2 heterocycles. The molecule has 0 amide bonds. The number of piperidine rings is 1. The van der Waals surface area contributed by atoms with Gasteiger partial charge in [0.15, 0.2) is 0 Å². The molecule has 1 aromatic carbocycles. The van der Waals surface area contributed by atoms with E-state index in [0.29, 0.717) is 0 Å². The van der Waals surface area contributed by atoms with Gasteiger partial charge in [-0.1, -0.05) is 15.9 Å². The lowest BCUT2D eigenvalue weighted by atomic mass is 9.95. The smallest absolute Gasteiger partial charge is 0.136 e. The Morgan fingerprint density at radius 2 is 2.29 bits per heavy atom. The Bertz CT molecular complexity index is 615. The second kappa shape index (κ2) is 6.65. The van der Waals surface area contributed by atoms with Crippen molar-refractivity contribution in [3.05, 3.63) is 30.5 Å². The van der Waals surface area contributed by atoms with Crippen molar-refractivity contribution < 1.29 is 4.74 Å². The number of hydrogen-bond acceptors (Lipinski definition) is 3. The summed E-state index contributed by atoms with van der Waals surface area (Å²) in [5, 5.41) is 3.51. The number of ether oxygens (including phenoxy) is 1. The molecule has 2 aromatic rings. The molecule has 21 heavy (non-hydrogen) atoms. The fourth-order valence-electron chi connectivity index (χ4n) is 3.17. The summed E-state index contributed by atoms with van der Waals surface area (Å²) in [6, 6.07) is 8.29. The highest BCUT2D eigenvalue weighted by Gasteiger charge is 2.21. The van der Waals surface area contributed by atoms with Crippen LogP contribution in [0.2, 0.25) is 0 Å². The summed E-state index contributed by atoms with van der Waals surface area (Å²) in [5.74, 6) is 2.79. The summed E-state index contributed by atoms with van der Waals surface area (Å²) in [7, 11) is 1.71. The summed E-state index contributed by atoms with van der Waals surface area (Å²) in [6.07, 6.45) is 5.74. The van der Waals surface area contributed by atoms with E-state index in [1.54, 1.807) is 7.11 Å². The third-order valence-electron chi connectivity index (χ3n) is 4.29. The van der Waals surface area contributed by atoms with Gasteiger partial charge in [-0.2, -0.15) is 0 Å². The van der Waals surface area contributed by atoms with Gasteiger partial charge in [-0.05, 0) is 54.8 Å². The second-order valence-electron chi connectivity index (χ2n) is 5.65. The number of benzene rings is 1. The lowest BCUT2D eigenvalue weighted by Crippen LogP contribution is -2.36. The average molecular weight is 349 g/mol. The predicted octanol–water partition coefficient (Wildman–Crippen LogP) is 4.24. The quantitative estimate of drug-likeness (QED) is 0.772. The Morgan fingerprint density at radius 1 is 1.38 bits per heavy atom. The molecule has 112 valence electrons. The molecule has 3 nitrogen and oxygen atoms in total. The van der Waals surface area contributed by atoms with Gasteiger partial charge in [0.2, 0.25) is 0 Å². The van der Waals surface area contributed by atoms with E-state index in [9.17, 15) is 0 Å². The number of pyridine rings is 1. The number of anilines is 1. The molecule has 1 atom stereocenters. The van der Waals surface area contributed by atoms with Crippen LogP contribution < -0.4 is 9.64 Å². The highest BCUT2D eigenvalue weighted by molar-refractivity contribution is 9.09. The second-order valence-corrected chi connectivity index (χ2v) is 6.45. The summed E-state index contributed by atoms with van der Waals surface area (Å²) in [6.45, 7) is 2.22. The minimum atomic E-state index is 0.772. The van der Waals surface area contributed by atoms with Gasteiger partial charge in [-0.15, -0.1) is 0 Å². The molecule has 3 rings (SSSR count). The van der Waals surface area contributed by atoms with Crippen LogP contribution in [0.3, 0.4) is 0 Å². The van der Waals surface area contributed by atoms with Gasteiger partial charge in [0.1, 0.15) is 11.6 Å². The van der Waals surface area contributed by atoms with E-state index < -0.39 is 0 Å². The van der Waals surface area contributed by atoms with Crippen LogP contribution in [-0.4, -0.2) is 30.5 Å². The van der Waals surface area contributed by atoms with E-state index in [0.717, 1.165) is 35.9 Å². The topological polar surface area (TPSA) is 25.4 Å². The zero-order valence-electron chi connectivity index (χ0n) is 12.4. The first-order chi connectivity index (χ1) is 10.3. The molecule has 1 aromatic heterocycles.